The standard InChI is InChI=1S/C54H40N2Si/c1-57(2)50-27-13-12-26-49(50)52-53(57)51(41-20-10-5-11-21-41)55-54(56-52)45-25-15-24-44(33-45)43-23-14-22-42(32-43)39-28-30-40(31-29-39)48-35-46(37-16-6-3-7-17-37)34-47(36-48)38-18-8-4-9-19-38/h3-36H,1-2H3. The van der Waals surface area contributed by atoms with E-state index in [2.05, 4.69) is 219 Å². The molecule has 0 N–H and O–H groups in total. The van der Waals surface area contributed by atoms with E-state index >= 15 is 0 Å². The van der Waals surface area contributed by atoms with E-state index in [4.69, 9.17) is 9.97 Å². The van der Waals surface area contributed by atoms with Crippen molar-refractivity contribution >= 4 is 18.4 Å². The number of fused-ring (bicyclic) bond motifs is 3. The van der Waals surface area contributed by atoms with E-state index in [1.165, 1.54) is 60.4 Å². The quantitative estimate of drug-likeness (QED) is 0.152. The lowest BCUT2D eigenvalue weighted by Gasteiger charge is -2.21. The van der Waals surface area contributed by atoms with Crippen LogP contribution >= 0.6 is 0 Å². The fraction of sp³-hybridized carbons (Fsp3) is 0.0370. The predicted molar refractivity (Wildman–Crippen MR) is 242 cm³/mol. The molecule has 0 fully saturated rings. The fourth-order valence-corrected chi connectivity index (χ4v) is 11.7. The smallest absolute Gasteiger partial charge is 0.160 e. The van der Waals surface area contributed by atoms with Crippen LogP contribution in [-0.2, 0) is 0 Å². The average molecular weight is 745 g/mol. The first-order valence-corrected chi connectivity index (χ1v) is 22.6. The molecule has 10 rings (SSSR count). The third-order valence-corrected chi connectivity index (χ3v) is 15.0. The van der Waals surface area contributed by atoms with E-state index in [0.29, 0.717) is 0 Å². The van der Waals surface area contributed by atoms with Gasteiger partial charge in [-0.15, -0.1) is 0 Å². The molecule has 9 aromatic rings. The summed E-state index contributed by atoms with van der Waals surface area (Å²) in [6, 6.07) is 74.2. The van der Waals surface area contributed by atoms with Crippen molar-refractivity contribution < 1.29 is 0 Å². The van der Waals surface area contributed by atoms with Crippen molar-refractivity contribution in [2.45, 2.75) is 13.1 Å². The molecule has 2 nitrogen and oxygen atoms in total. The van der Waals surface area contributed by atoms with Crippen molar-refractivity contribution in [3.05, 3.63) is 206 Å². The third kappa shape index (κ3) is 6.42. The SMILES string of the molecule is C[Si]1(C)c2ccccc2-c2nc(-c3cccc(-c4cccc(-c5ccc(-c6cc(-c7ccccc7)cc(-c7ccccc7)c6)cc5)c4)c3)nc(-c3ccccc3)c21. The average Bonchev–Trinajstić information content (AvgIpc) is 3.52. The summed E-state index contributed by atoms with van der Waals surface area (Å²) in [5.41, 5.74) is 17.4. The van der Waals surface area contributed by atoms with Crippen molar-refractivity contribution in [3.8, 4) is 89.5 Å². The van der Waals surface area contributed by atoms with Crippen LogP contribution in [0.4, 0.5) is 0 Å². The Morgan fingerprint density at radius 2 is 0.667 bits per heavy atom. The van der Waals surface area contributed by atoms with Crippen LogP contribution in [0.5, 0.6) is 0 Å². The third-order valence-electron chi connectivity index (χ3n) is 11.5. The Labute approximate surface area is 335 Å². The molecule has 1 aromatic heterocycles. The number of rotatable bonds is 7. The summed E-state index contributed by atoms with van der Waals surface area (Å²) in [5, 5.41) is 2.76. The summed E-state index contributed by atoms with van der Waals surface area (Å²) >= 11 is 0. The van der Waals surface area contributed by atoms with Gasteiger partial charge in [-0.25, -0.2) is 9.97 Å². The normalized spacial score (nSPS) is 12.5. The lowest BCUT2D eigenvalue weighted by Crippen LogP contribution is -2.50. The zero-order valence-corrected chi connectivity index (χ0v) is 33.0. The number of nitrogens with zero attached hydrogens (tertiary/aromatic N) is 2. The van der Waals surface area contributed by atoms with Crippen LogP contribution in [0.15, 0.2) is 206 Å². The molecule has 1 aliphatic heterocycles. The highest BCUT2D eigenvalue weighted by Gasteiger charge is 2.41. The Hall–Kier alpha value is -6.94. The minimum atomic E-state index is -2.02. The second-order valence-corrected chi connectivity index (χ2v) is 19.7. The first-order valence-electron chi connectivity index (χ1n) is 19.6. The van der Waals surface area contributed by atoms with E-state index in [-0.39, 0.29) is 0 Å². The van der Waals surface area contributed by atoms with Crippen LogP contribution in [0.25, 0.3) is 89.5 Å². The Morgan fingerprint density at radius 1 is 0.298 bits per heavy atom. The Balaban J connectivity index is 0.996. The van der Waals surface area contributed by atoms with Gasteiger partial charge in [0.1, 0.15) is 8.07 Å². The van der Waals surface area contributed by atoms with Crippen LogP contribution in [0, 0.1) is 0 Å². The van der Waals surface area contributed by atoms with Crippen LogP contribution in [0.3, 0.4) is 0 Å². The topological polar surface area (TPSA) is 25.8 Å². The Bertz CT molecular complexity index is 2840. The lowest BCUT2D eigenvalue weighted by molar-refractivity contribution is 1.20. The van der Waals surface area contributed by atoms with Crippen molar-refractivity contribution in [2.75, 3.05) is 0 Å². The van der Waals surface area contributed by atoms with Crippen molar-refractivity contribution in [1.29, 1.82) is 0 Å². The number of hydrogen-bond acceptors (Lipinski definition) is 2. The number of aromatic nitrogens is 2. The molecule has 8 aromatic carbocycles. The zero-order valence-electron chi connectivity index (χ0n) is 32.0. The van der Waals surface area contributed by atoms with E-state index in [1.54, 1.807) is 0 Å². The summed E-state index contributed by atoms with van der Waals surface area (Å²) in [4.78, 5) is 10.7. The van der Waals surface area contributed by atoms with Gasteiger partial charge in [0.15, 0.2) is 5.82 Å². The Morgan fingerprint density at radius 3 is 1.23 bits per heavy atom. The van der Waals surface area contributed by atoms with Gasteiger partial charge in [-0.3, -0.25) is 0 Å². The van der Waals surface area contributed by atoms with Crippen LogP contribution in [0.2, 0.25) is 13.1 Å². The number of benzene rings is 8. The van der Waals surface area contributed by atoms with E-state index in [9.17, 15) is 0 Å². The second kappa shape index (κ2) is 14.3. The van der Waals surface area contributed by atoms with Gasteiger partial charge in [0.05, 0.1) is 11.4 Å². The van der Waals surface area contributed by atoms with Crippen LogP contribution in [0.1, 0.15) is 0 Å². The summed E-state index contributed by atoms with van der Waals surface area (Å²) < 4.78 is 0. The van der Waals surface area contributed by atoms with E-state index in [0.717, 1.165) is 39.5 Å². The fourth-order valence-electron chi connectivity index (χ4n) is 8.51. The maximum absolute atomic E-state index is 5.37. The van der Waals surface area contributed by atoms with Gasteiger partial charge in [0.25, 0.3) is 0 Å². The highest BCUT2D eigenvalue weighted by molar-refractivity contribution is 7.04. The highest BCUT2D eigenvalue weighted by atomic mass is 28.3. The maximum Gasteiger partial charge on any atom is 0.160 e. The molecule has 57 heavy (non-hydrogen) atoms. The summed E-state index contributed by atoms with van der Waals surface area (Å²) in [6.07, 6.45) is 0. The monoisotopic (exact) mass is 744 g/mol. The van der Waals surface area contributed by atoms with Crippen LogP contribution in [-0.4, -0.2) is 18.0 Å². The molecule has 0 amide bonds. The molecule has 270 valence electrons. The van der Waals surface area contributed by atoms with E-state index in [1.807, 2.05) is 0 Å². The molecule has 0 saturated heterocycles. The van der Waals surface area contributed by atoms with Gasteiger partial charge < -0.3 is 0 Å². The van der Waals surface area contributed by atoms with Gasteiger partial charge in [0.2, 0.25) is 0 Å². The molecule has 0 bridgehead atoms. The van der Waals surface area contributed by atoms with Crippen molar-refractivity contribution in [2.24, 2.45) is 0 Å². The van der Waals surface area contributed by atoms with Gasteiger partial charge >= 0.3 is 0 Å². The molecule has 3 heteroatoms. The van der Waals surface area contributed by atoms with Crippen molar-refractivity contribution in [1.82, 2.24) is 9.97 Å². The minimum Gasteiger partial charge on any atom is -0.228 e. The molecule has 1 aliphatic rings. The molecule has 0 unspecified atom stereocenters. The highest BCUT2D eigenvalue weighted by Crippen LogP contribution is 2.37. The maximum atomic E-state index is 5.37. The zero-order chi connectivity index (χ0) is 38.3. The van der Waals surface area contributed by atoms with Gasteiger partial charge in [-0.1, -0.05) is 189 Å². The molecule has 0 atom stereocenters. The predicted octanol–water partition coefficient (Wildman–Crippen LogP) is 12.9. The second-order valence-electron chi connectivity index (χ2n) is 15.4. The van der Waals surface area contributed by atoms with Gasteiger partial charge in [0, 0.05) is 11.1 Å². The molecular formula is C54H40N2Si. The van der Waals surface area contributed by atoms with E-state index < -0.39 is 8.07 Å². The molecule has 0 spiro atoms. The summed E-state index contributed by atoms with van der Waals surface area (Å²) in [6.45, 7) is 4.86. The van der Waals surface area contributed by atoms with Crippen molar-refractivity contribution in [3.63, 3.8) is 0 Å². The molecule has 0 saturated carbocycles. The van der Waals surface area contributed by atoms with Gasteiger partial charge in [-0.2, -0.15) is 0 Å². The van der Waals surface area contributed by atoms with Crippen LogP contribution < -0.4 is 10.4 Å². The number of hydrogen-bond donors (Lipinski definition) is 0. The minimum absolute atomic E-state index is 0.759. The largest absolute Gasteiger partial charge is 0.228 e. The summed E-state index contributed by atoms with van der Waals surface area (Å²) in [7, 11) is -2.02. The first-order chi connectivity index (χ1) is 28.0. The molecule has 0 radical (unpaired) electrons. The van der Waals surface area contributed by atoms with Gasteiger partial charge in [-0.05, 0) is 102 Å². The summed E-state index contributed by atoms with van der Waals surface area (Å²) in [5.74, 6) is 0.759. The lowest BCUT2D eigenvalue weighted by atomic mass is 9.92. The Kier molecular flexibility index (Phi) is 8.66. The molecule has 0 aliphatic carbocycles. The first kappa shape index (κ1) is 34.5. The molecule has 2 heterocycles. The molecular weight excluding hydrogens is 705 g/mol.